The van der Waals surface area contributed by atoms with Crippen molar-refractivity contribution in [2.24, 2.45) is 0 Å². The molecule has 1 atom stereocenters. The molecule has 0 amide bonds. The predicted octanol–water partition coefficient (Wildman–Crippen LogP) is 4.68. The second kappa shape index (κ2) is 10.7. The number of pyridine rings is 1. The first-order valence-electron chi connectivity index (χ1n) is 13.1. The number of rotatable bonds is 7. The summed E-state index contributed by atoms with van der Waals surface area (Å²) in [6.45, 7) is 3.77. The van der Waals surface area contributed by atoms with Gasteiger partial charge in [-0.25, -0.2) is 4.68 Å². The monoisotopic (exact) mass is 479 g/mol. The molecule has 0 radical (unpaired) electrons. The molecule has 1 saturated heterocycles. The number of aromatic nitrogens is 5. The molecule has 0 spiro atoms. The maximum atomic E-state index is 4.76. The summed E-state index contributed by atoms with van der Waals surface area (Å²) >= 11 is 0. The molecule has 2 aromatic heterocycles. The van der Waals surface area contributed by atoms with Crippen LogP contribution >= 0.6 is 0 Å². The van der Waals surface area contributed by atoms with Crippen molar-refractivity contribution >= 4 is 0 Å². The van der Waals surface area contributed by atoms with Crippen LogP contribution in [0.1, 0.15) is 66.5 Å². The summed E-state index contributed by atoms with van der Waals surface area (Å²) in [5.41, 5.74) is 3.69. The summed E-state index contributed by atoms with van der Waals surface area (Å²) in [6, 6.07) is 28.5. The van der Waals surface area contributed by atoms with E-state index in [4.69, 9.17) is 4.98 Å². The maximum Gasteiger partial charge on any atom is 0.174 e. The zero-order chi connectivity index (χ0) is 24.2. The highest BCUT2D eigenvalue weighted by Gasteiger charge is 2.35. The molecule has 3 heterocycles. The molecule has 2 aromatic carbocycles. The number of tetrazole rings is 1. The van der Waals surface area contributed by atoms with Gasteiger partial charge in [0.05, 0.1) is 17.8 Å². The van der Waals surface area contributed by atoms with Crippen molar-refractivity contribution in [2.75, 3.05) is 26.2 Å². The zero-order valence-electron chi connectivity index (χ0n) is 20.6. The number of nitrogens with zero attached hydrogens (tertiary/aromatic N) is 7. The van der Waals surface area contributed by atoms with Gasteiger partial charge in [0.1, 0.15) is 6.04 Å². The summed E-state index contributed by atoms with van der Waals surface area (Å²) in [5.74, 6) is 0.928. The number of hydrogen-bond acceptors (Lipinski definition) is 6. The molecular weight excluding hydrogens is 446 g/mol. The van der Waals surface area contributed by atoms with Crippen LogP contribution < -0.4 is 0 Å². The van der Waals surface area contributed by atoms with Crippen LogP contribution in [0.3, 0.4) is 0 Å². The van der Waals surface area contributed by atoms with E-state index < -0.39 is 0 Å². The van der Waals surface area contributed by atoms with Gasteiger partial charge in [-0.15, -0.1) is 5.10 Å². The molecule has 2 aliphatic rings. The third kappa shape index (κ3) is 4.68. The van der Waals surface area contributed by atoms with Crippen molar-refractivity contribution in [3.63, 3.8) is 0 Å². The second-order valence-corrected chi connectivity index (χ2v) is 9.87. The Morgan fingerprint density at radius 2 is 1.25 bits per heavy atom. The highest BCUT2D eigenvalue weighted by Crippen LogP contribution is 2.35. The molecule has 36 heavy (non-hydrogen) atoms. The fourth-order valence-electron chi connectivity index (χ4n) is 5.95. The zero-order valence-corrected chi connectivity index (χ0v) is 20.6. The lowest BCUT2D eigenvalue weighted by Crippen LogP contribution is -2.49. The van der Waals surface area contributed by atoms with E-state index in [0.29, 0.717) is 6.04 Å². The number of benzene rings is 2. The van der Waals surface area contributed by atoms with Crippen LogP contribution in [0.15, 0.2) is 85.1 Å². The summed E-state index contributed by atoms with van der Waals surface area (Å²) < 4.78 is 2.09. The van der Waals surface area contributed by atoms with Crippen LogP contribution in [-0.2, 0) is 0 Å². The number of hydrogen-bond donors (Lipinski definition) is 0. The van der Waals surface area contributed by atoms with Crippen LogP contribution in [0.25, 0.3) is 0 Å². The van der Waals surface area contributed by atoms with Crippen molar-refractivity contribution in [2.45, 2.75) is 43.8 Å². The molecule has 7 nitrogen and oxygen atoms in total. The molecule has 0 bridgehead atoms. The van der Waals surface area contributed by atoms with E-state index >= 15 is 0 Å². The summed E-state index contributed by atoms with van der Waals surface area (Å²) in [6.07, 6.45) is 6.67. The predicted molar refractivity (Wildman–Crippen MR) is 139 cm³/mol. The first-order chi connectivity index (χ1) is 17.9. The largest absolute Gasteiger partial charge is 0.290 e. The third-order valence-corrected chi connectivity index (χ3v) is 7.71. The van der Waals surface area contributed by atoms with E-state index in [1.807, 2.05) is 12.3 Å². The third-order valence-electron chi connectivity index (χ3n) is 7.71. The lowest BCUT2D eigenvalue weighted by atomic mass is 9.96. The fourth-order valence-corrected chi connectivity index (χ4v) is 5.95. The smallest absolute Gasteiger partial charge is 0.174 e. The molecule has 1 saturated carbocycles. The van der Waals surface area contributed by atoms with Gasteiger partial charge in [-0.2, -0.15) is 0 Å². The lowest BCUT2D eigenvalue weighted by Gasteiger charge is -2.42. The minimum atomic E-state index is -0.0455. The first kappa shape index (κ1) is 23.0. The van der Waals surface area contributed by atoms with E-state index in [2.05, 4.69) is 103 Å². The molecule has 4 aromatic rings. The highest BCUT2D eigenvalue weighted by atomic mass is 15.6. The topological polar surface area (TPSA) is 63.0 Å². The molecule has 184 valence electrons. The van der Waals surface area contributed by atoms with Crippen molar-refractivity contribution in [3.8, 4) is 0 Å². The van der Waals surface area contributed by atoms with Crippen molar-refractivity contribution < 1.29 is 0 Å². The van der Waals surface area contributed by atoms with Gasteiger partial charge in [0, 0.05) is 32.4 Å². The maximum absolute atomic E-state index is 4.76. The average Bonchev–Trinajstić information content (AvgIpc) is 3.65. The van der Waals surface area contributed by atoms with Crippen LogP contribution in [-0.4, -0.2) is 61.2 Å². The van der Waals surface area contributed by atoms with E-state index in [1.54, 1.807) is 0 Å². The molecular formula is C29H33N7. The molecule has 2 fully saturated rings. The van der Waals surface area contributed by atoms with Crippen molar-refractivity contribution in [1.29, 1.82) is 0 Å². The Labute approximate surface area is 212 Å². The minimum Gasteiger partial charge on any atom is -0.290 e. The van der Waals surface area contributed by atoms with Gasteiger partial charge >= 0.3 is 0 Å². The second-order valence-electron chi connectivity index (χ2n) is 9.87. The standard InChI is InChI=1S/C29H33N7/c1-3-11-23(12-4-1)27(24-13-5-2-6-14-24)34-19-21-35(22-20-34)28(26-17-9-10-18-30-26)29-31-32-33-36(29)25-15-7-8-16-25/h1-6,9-14,17-18,25,27-28H,7-8,15-16,19-22H2/t28-/m0/s1. The fraction of sp³-hybridized carbons (Fsp3) is 0.379. The summed E-state index contributed by atoms with van der Waals surface area (Å²) in [7, 11) is 0. The van der Waals surface area contributed by atoms with Crippen LogP contribution in [0, 0.1) is 0 Å². The van der Waals surface area contributed by atoms with E-state index in [-0.39, 0.29) is 12.1 Å². The quantitative estimate of drug-likeness (QED) is 0.384. The Kier molecular flexibility index (Phi) is 6.83. The summed E-state index contributed by atoms with van der Waals surface area (Å²) in [5, 5.41) is 13.1. The van der Waals surface area contributed by atoms with Gasteiger partial charge in [0.2, 0.25) is 0 Å². The van der Waals surface area contributed by atoms with Gasteiger partial charge in [0.15, 0.2) is 5.82 Å². The van der Waals surface area contributed by atoms with Gasteiger partial charge in [-0.1, -0.05) is 79.6 Å². The van der Waals surface area contributed by atoms with Crippen molar-refractivity contribution in [1.82, 2.24) is 35.0 Å². The van der Waals surface area contributed by atoms with Gasteiger partial charge < -0.3 is 0 Å². The average molecular weight is 480 g/mol. The molecule has 6 rings (SSSR count). The molecule has 7 heteroatoms. The first-order valence-corrected chi connectivity index (χ1v) is 13.1. The van der Waals surface area contributed by atoms with Crippen LogP contribution in [0.2, 0.25) is 0 Å². The molecule has 0 unspecified atom stereocenters. The van der Waals surface area contributed by atoms with Gasteiger partial charge in [-0.05, 0) is 46.5 Å². The number of piperazine rings is 1. The Hall–Kier alpha value is -3.42. The van der Waals surface area contributed by atoms with Crippen LogP contribution in [0.5, 0.6) is 0 Å². The van der Waals surface area contributed by atoms with E-state index in [1.165, 1.54) is 24.0 Å². The lowest BCUT2D eigenvalue weighted by molar-refractivity contribution is 0.0841. The highest BCUT2D eigenvalue weighted by molar-refractivity contribution is 5.32. The molecule has 0 N–H and O–H groups in total. The van der Waals surface area contributed by atoms with E-state index in [0.717, 1.165) is 50.5 Å². The van der Waals surface area contributed by atoms with Gasteiger partial charge in [0.25, 0.3) is 0 Å². The summed E-state index contributed by atoms with van der Waals surface area (Å²) in [4.78, 5) is 9.89. The Morgan fingerprint density at radius 1 is 0.667 bits per heavy atom. The minimum absolute atomic E-state index is 0.0455. The Bertz CT molecular complexity index is 1170. The van der Waals surface area contributed by atoms with Crippen molar-refractivity contribution in [3.05, 3.63) is 108 Å². The molecule has 1 aliphatic heterocycles. The Balaban J connectivity index is 1.28. The SMILES string of the molecule is c1ccc(C(c2ccccc2)N2CCN([C@@H](c3ccccn3)c3nnnn3C3CCCC3)CC2)cc1. The van der Waals surface area contributed by atoms with Gasteiger partial charge in [-0.3, -0.25) is 14.8 Å². The van der Waals surface area contributed by atoms with Crippen LogP contribution in [0.4, 0.5) is 0 Å². The van der Waals surface area contributed by atoms with E-state index in [9.17, 15) is 0 Å². The normalized spacial score (nSPS) is 18.6. The Morgan fingerprint density at radius 3 is 1.83 bits per heavy atom. The molecule has 1 aliphatic carbocycles.